The molecule has 0 saturated carbocycles. The fourth-order valence-electron chi connectivity index (χ4n) is 5.73. The van der Waals surface area contributed by atoms with Gasteiger partial charge in [0.1, 0.15) is 19.3 Å². The van der Waals surface area contributed by atoms with Crippen molar-refractivity contribution in [3.63, 3.8) is 0 Å². The maximum absolute atomic E-state index is 12.5. The molecular formula is C39H81NO7P+. The van der Waals surface area contributed by atoms with Crippen LogP contribution in [0.3, 0.4) is 0 Å². The van der Waals surface area contributed by atoms with Crippen LogP contribution in [0.15, 0.2) is 0 Å². The van der Waals surface area contributed by atoms with Crippen LogP contribution in [-0.2, 0) is 27.9 Å². The van der Waals surface area contributed by atoms with Crippen molar-refractivity contribution in [2.75, 3.05) is 54.1 Å². The molecule has 0 heterocycles. The normalized spacial score (nSPS) is 13.9. The minimum absolute atomic E-state index is 0.0930. The Kier molecular flexibility index (Phi) is 33.3. The van der Waals surface area contributed by atoms with E-state index in [-0.39, 0.29) is 25.8 Å². The molecule has 0 spiro atoms. The predicted molar refractivity (Wildman–Crippen MR) is 201 cm³/mol. The molecular weight excluding hydrogens is 625 g/mol. The Hall–Kier alpha value is -0.500. The molecule has 0 rings (SSSR count). The van der Waals surface area contributed by atoms with Gasteiger partial charge in [-0.2, -0.15) is 0 Å². The topological polar surface area (TPSA) is 91.3 Å². The molecule has 0 aromatic heterocycles. The lowest BCUT2D eigenvalue weighted by molar-refractivity contribution is -0.870. The van der Waals surface area contributed by atoms with Crippen LogP contribution < -0.4 is 0 Å². The highest BCUT2D eigenvalue weighted by Crippen LogP contribution is 2.43. The first-order valence-electron chi connectivity index (χ1n) is 20.3. The summed E-state index contributed by atoms with van der Waals surface area (Å²) in [5.41, 5.74) is 0. The van der Waals surface area contributed by atoms with Gasteiger partial charge in [0, 0.05) is 13.0 Å². The SMILES string of the molecule is CCCCCCCCCCCCCCCCCCCCCCOCC(COP(=O)(O)OCC[N+](C)(C)C)OC(=O)CCCCCCCC. The van der Waals surface area contributed by atoms with E-state index in [4.69, 9.17) is 18.5 Å². The van der Waals surface area contributed by atoms with E-state index in [1.54, 1.807) is 0 Å². The van der Waals surface area contributed by atoms with E-state index in [0.717, 1.165) is 32.1 Å². The third-order valence-corrected chi connectivity index (χ3v) is 9.90. The molecule has 0 amide bonds. The Balaban J connectivity index is 4.00. The zero-order valence-corrected chi connectivity index (χ0v) is 33.4. The van der Waals surface area contributed by atoms with Crippen LogP contribution in [-0.4, -0.2) is 75.6 Å². The maximum Gasteiger partial charge on any atom is 0.472 e. The molecule has 2 unspecified atom stereocenters. The van der Waals surface area contributed by atoms with Crippen LogP contribution in [0.1, 0.15) is 187 Å². The molecule has 9 heteroatoms. The Labute approximate surface area is 298 Å². The first kappa shape index (κ1) is 47.5. The molecule has 0 bridgehead atoms. The maximum atomic E-state index is 12.5. The van der Waals surface area contributed by atoms with Crippen molar-refractivity contribution in [1.82, 2.24) is 0 Å². The van der Waals surface area contributed by atoms with Gasteiger partial charge in [-0.05, 0) is 12.8 Å². The van der Waals surface area contributed by atoms with Crippen LogP contribution in [0.5, 0.6) is 0 Å². The summed E-state index contributed by atoms with van der Waals surface area (Å²) < 4.78 is 34.7. The van der Waals surface area contributed by atoms with Gasteiger partial charge in [-0.3, -0.25) is 13.8 Å². The molecule has 0 saturated heterocycles. The van der Waals surface area contributed by atoms with E-state index in [2.05, 4.69) is 13.8 Å². The number of phosphoric ester groups is 1. The third-order valence-electron chi connectivity index (χ3n) is 8.92. The zero-order chi connectivity index (χ0) is 35.6. The summed E-state index contributed by atoms with van der Waals surface area (Å²) in [5.74, 6) is -0.319. The summed E-state index contributed by atoms with van der Waals surface area (Å²) in [6, 6.07) is 0. The monoisotopic (exact) mass is 707 g/mol. The average molecular weight is 707 g/mol. The zero-order valence-electron chi connectivity index (χ0n) is 32.5. The number of likely N-dealkylation sites (N-methyl/N-ethyl adjacent to an activating group) is 1. The van der Waals surface area contributed by atoms with Gasteiger partial charge in [0.15, 0.2) is 0 Å². The number of phosphoric acid groups is 1. The molecule has 0 fully saturated rings. The van der Waals surface area contributed by atoms with Crippen molar-refractivity contribution >= 4 is 13.8 Å². The molecule has 8 nitrogen and oxygen atoms in total. The summed E-state index contributed by atoms with van der Waals surface area (Å²) in [6.07, 6.45) is 33.0. The van der Waals surface area contributed by atoms with Crippen molar-refractivity contribution in [3.05, 3.63) is 0 Å². The van der Waals surface area contributed by atoms with Crippen LogP contribution in [0.2, 0.25) is 0 Å². The van der Waals surface area contributed by atoms with Gasteiger partial charge < -0.3 is 18.9 Å². The number of hydrogen-bond donors (Lipinski definition) is 1. The highest BCUT2D eigenvalue weighted by atomic mass is 31.2. The molecule has 0 aromatic rings. The van der Waals surface area contributed by atoms with Crippen LogP contribution in [0.4, 0.5) is 0 Å². The molecule has 1 N–H and O–H groups in total. The van der Waals surface area contributed by atoms with E-state index >= 15 is 0 Å². The van der Waals surface area contributed by atoms with Crippen LogP contribution in [0, 0.1) is 0 Å². The highest BCUT2D eigenvalue weighted by Gasteiger charge is 2.26. The second kappa shape index (κ2) is 33.6. The van der Waals surface area contributed by atoms with Crippen LogP contribution >= 0.6 is 7.82 Å². The molecule has 0 aliphatic carbocycles. The number of rotatable bonds is 38. The number of hydrogen-bond acceptors (Lipinski definition) is 6. The van der Waals surface area contributed by atoms with Crippen molar-refractivity contribution < 1.29 is 37.3 Å². The molecule has 2 atom stereocenters. The number of carbonyl (C=O) groups is 1. The Bertz CT molecular complexity index is 746. The standard InChI is InChI=1S/C39H80NO7P/c1-6-8-10-12-14-15-16-17-18-19-20-21-22-23-24-25-26-27-29-31-34-44-36-38(47-39(41)32-30-28-13-11-9-7-2)37-46-48(42,43)45-35-33-40(3,4)5/h38H,6-37H2,1-5H3/p+1. The number of unbranched alkanes of at least 4 members (excludes halogenated alkanes) is 24. The molecule has 0 aliphatic rings. The van der Waals surface area contributed by atoms with Gasteiger partial charge in [0.25, 0.3) is 0 Å². The predicted octanol–water partition coefficient (Wildman–Crippen LogP) is 11.3. The van der Waals surface area contributed by atoms with Crippen molar-refractivity contribution in [3.8, 4) is 0 Å². The smallest absolute Gasteiger partial charge is 0.457 e. The average Bonchev–Trinajstić information content (AvgIpc) is 3.03. The Morgan fingerprint density at radius 1 is 0.562 bits per heavy atom. The van der Waals surface area contributed by atoms with Crippen LogP contribution in [0.25, 0.3) is 0 Å². The number of quaternary nitrogens is 1. The largest absolute Gasteiger partial charge is 0.472 e. The fourth-order valence-corrected chi connectivity index (χ4v) is 6.47. The summed E-state index contributed by atoms with van der Waals surface area (Å²) >= 11 is 0. The second-order valence-electron chi connectivity index (χ2n) is 15.0. The Morgan fingerprint density at radius 3 is 1.38 bits per heavy atom. The van der Waals surface area contributed by atoms with E-state index in [9.17, 15) is 14.3 Å². The summed E-state index contributed by atoms with van der Waals surface area (Å²) in [6.45, 7) is 5.60. The van der Waals surface area contributed by atoms with Crippen molar-refractivity contribution in [2.24, 2.45) is 0 Å². The number of esters is 1. The minimum atomic E-state index is -4.25. The third kappa shape index (κ3) is 36.8. The Morgan fingerprint density at radius 2 is 0.958 bits per heavy atom. The second-order valence-corrected chi connectivity index (χ2v) is 16.5. The van der Waals surface area contributed by atoms with Gasteiger partial charge in [-0.25, -0.2) is 4.57 Å². The lowest BCUT2D eigenvalue weighted by atomic mass is 10.0. The fraction of sp³-hybridized carbons (Fsp3) is 0.974. The molecule has 0 aromatic carbocycles. The number of carbonyl (C=O) groups excluding carboxylic acids is 1. The minimum Gasteiger partial charge on any atom is -0.457 e. The number of ether oxygens (including phenoxy) is 2. The lowest BCUT2D eigenvalue weighted by Crippen LogP contribution is -2.37. The highest BCUT2D eigenvalue weighted by molar-refractivity contribution is 7.47. The lowest BCUT2D eigenvalue weighted by Gasteiger charge is -2.24. The van der Waals surface area contributed by atoms with Gasteiger partial charge >= 0.3 is 13.8 Å². The van der Waals surface area contributed by atoms with Crippen molar-refractivity contribution in [1.29, 1.82) is 0 Å². The number of nitrogens with zero attached hydrogens (tertiary/aromatic N) is 1. The summed E-state index contributed by atoms with van der Waals surface area (Å²) in [5, 5.41) is 0. The van der Waals surface area contributed by atoms with Gasteiger partial charge in [0.05, 0.1) is 34.4 Å². The van der Waals surface area contributed by atoms with E-state index in [0.29, 0.717) is 24.1 Å². The van der Waals surface area contributed by atoms with Crippen molar-refractivity contribution in [2.45, 2.75) is 193 Å². The molecule has 0 radical (unpaired) electrons. The van der Waals surface area contributed by atoms with Gasteiger partial charge in [0.2, 0.25) is 0 Å². The molecule has 48 heavy (non-hydrogen) atoms. The van der Waals surface area contributed by atoms with Gasteiger partial charge in [-0.1, -0.05) is 168 Å². The first-order valence-corrected chi connectivity index (χ1v) is 21.8. The summed E-state index contributed by atoms with van der Waals surface area (Å²) in [4.78, 5) is 22.6. The van der Waals surface area contributed by atoms with E-state index in [1.807, 2.05) is 21.1 Å². The quantitative estimate of drug-likeness (QED) is 0.0296. The first-order chi connectivity index (χ1) is 23.1. The molecule has 0 aliphatic heterocycles. The van der Waals surface area contributed by atoms with E-state index in [1.165, 1.54) is 135 Å². The van der Waals surface area contributed by atoms with Gasteiger partial charge in [-0.15, -0.1) is 0 Å². The van der Waals surface area contributed by atoms with E-state index < -0.39 is 13.9 Å². The summed E-state index contributed by atoms with van der Waals surface area (Å²) in [7, 11) is 1.68. The molecule has 288 valence electrons.